The fourth-order valence-electron chi connectivity index (χ4n) is 3.33. The molecule has 0 aliphatic heterocycles. The molecule has 7 heteroatoms. The molecule has 0 aromatic heterocycles. The Morgan fingerprint density at radius 2 is 1.88 bits per heavy atom. The molecule has 0 heterocycles. The van der Waals surface area contributed by atoms with Crippen molar-refractivity contribution in [3.63, 3.8) is 0 Å². The van der Waals surface area contributed by atoms with Crippen molar-refractivity contribution in [3.8, 4) is 0 Å². The Kier molecular flexibility index (Phi) is 7.40. The third kappa shape index (κ3) is 6.41. The van der Waals surface area contributed by atoms with Gasteiger partial charge in [0.2, 0.25) is 0 Å². The average Bonchev–Trinajstić information content (AvgIpc) is 2.60. The van der Waals surface area contributed by atoms with Crippen LogP contribution in [0.3, 0.4) is 0 Å². The molecule has 0 amide bonds. The predicted octanol–water partition coefficient (Wildman–Crippen LogP) is 2.56. The van der Waals surface area contributed by atoms with Crippen molar-refractivity contribution in [2.24, 2.45) is 0 Å². The monoisotopic (exact) mass is 368 g/mol. The quantitative estimate of drug-likeness (QED) is 0.701. The molecule has 2 N–H and O–H groups in total. The molecule has 1 aliphatic carbocycles. The standard InChI is InChI=1S/C18H28N2O4S/c1-20(17-10-6-3-7-11-17)25(23,24)19-16(12-13-18(21)22)14-15-8-4-2-5-9-15/h2,4-5,8-9,16-17,19H,3,6-7,10-14H2,1H3,(H,21,22). The minimum absolute atomic E-state index is 0.0306. The van der Waals surface area contributed by atoms with E-state index in [1.54, 1.807) is 7.05 Å². The summed E-state index contributed by atoms with van der Waals surface area (Å²) in [5, 5.41) is 8.95. The Labute approximate surface area is 150 Å². The van der Waals surface area contributed by atoms with Crippen molar-refractivity contribution in [3.05, 3.63) is 35.9 Å². The summed E-state index contributed by atoms with van der Waals surface area (Å²) >= 11 is 0. The molecule has 0 spiro atoms. The zero-order valence-corrected chi connectivity index (χ0v) is 15.5. The summed E-state index contributed by atoms with van der Waals surface area (Å²) in [5.41, 5.74) is 0.987. The molecule has 1 aromatic carbocycles. The molecule has 140 valence electrons. The van der Waals surface area contributed by atoms with Crippen LogP contribution in [0.15, 0.2) is 30.3 Å². The van der Waals surface area contributed by atoms with E-state index in [2.05, 4.69) is 4.72 Å². The third-order valence-corrected chi connectivity index (χ3v) is 6.50. The van der Waals surface area contributed by atoms with E-state index < -0.39 is 22.2 Å². The van der Waals surface area contributed by atoms with Crippen molar-refractivity contribution in [2.75, 3.05) is 7.05 Å². The highest BCUT2D eigenvalue weighted by Gasteiger charge is 2.29. The maximum Gasteiger partial charge on any atom is 0.303 e. The summed E-state index contributed by atoms with van der Waals surface area (Å²) < 4.78 is 29.6. The predicted molar refractivity (Wildman–Crippen MR) is 97.5 cm³/mol. The fraction of sp³-hybridized carbons (Fsp3) is 0.611. The highest BCUT2D eigenvalue weighted by atomic mass is 32.2. The fourth-order valence-corrected chi connectivity index (χ4v) is 4.73. The van der Waals surface area contributed by atoms with Gasteiger partial charge in [0.25, 0.3) is 10.2 Å². The second-order valence-electron chi connectivity index (χ2n) is 6.75. The Balaban J connectivity index is 2.05. The number of aliphatic carboxylic acids is 1. The van der Waals surface area contributed by atoms with Gasteiger partial charge >= 0.3 is 5.97 Å². The number of rotatable bonds is 9. The molecular weight excluding hydrogens is 340 g/mol. The highest BCUT2D eigenvalue weighted by molar-refractivity contribution is 7.87. The van der Waals surface area contributed by atoms with E-state index in [4.69, 9.17) is 5.11 Å². The molecule has 1 fully saturated rings. The van der Waals surface area contributed by atoms with Crippen molar-refractivity contribution in [1.82, 2.24) is 9.03 Å². The summed E-state index contributed by atoms with van der Waals surface area (Å²) in [4.78, 5) is 10.9. The highest BCUT2D eigenvalue weighted by Crippen LogP contribution is 2.23. The van der Waals surface area contributed by atoms with Gasteiger partial charge in [-0.1, -0.05) is 49.6 Å². The number of benzene rings is 1. The lowest BCUT2D eigenvalue weighted by Gasteiger charge is -2.32. The minimum Gasteiger partial charge on any atom is -0.481 e. The Morgan fingerprint density at radius 1 is 1.24 bits per heavy atom. The number of carboxylic acid groups (broad SMARTS) is 1. The van der Waals surface area contributed by atoms with Gasteiger partial charge in [-0.3, -0.25) is 4.79 Å². The number of nitrogens with zero attached hydrogens (tertiary/aromatic N) is 1. The molecule has 1 atom stereocenters. The molecule has 2 rings (SSSR count). The lowest BCUT2D eigenvalue weighted by Crippen LogP contribution is -2.48. The maximum absolute atomic E-state index is 12.7. The lowest BCUT2D eigenvalue weighted by atomic mass is 9.96. The number of nitrogens with one attached hydrogen (secondary N) is 1. The Bertz CT molecular complexity index is 642. The molecule has 25 heavy (non-hydrogen) atoms. The Hall–Kier alpha value is -1.44. The number of hydrogen-bond donors (Lipinski definition) is 2. The lowest BCUT2D eigenvalue weighted by molar-refractivity contribution is -0.137. The molecule has 1 saturated carbocycles. The van der Waals surface area contributed by atoms with Crippen LogP contribution in [-0.4, -0.2) is 42.9 Å². The SMILES string of the molecule is CN(C1CCCCC1)S(=O)(=O)NC(CCC(=O)O)Cc1ccccc1. The number of carboxylic acids is 1. The van der Waals surface area contributed by atoms with Gasteiger partial charge < -0.3 is 5.11 Å². The van der Waals surface area contributed by atoms with Gasteiger partial charge in [-0.25, -0.2) is 0 Å². The summed E-state index contributed by atoms with van der Waals surface area (Å²) in [6, 6.07) is 9.13. The van der Waals surface area contributed by atoms with E-state index in [0.29, 0.717) is 6.42 Å². The van der Waals surface area contributed by atoms with E-state index >= 15 is 0 Å². The van der Waals surface area contributed by atoms with E-state index in [0.717, 1.165) is 37.7 Å². The van der Waals surface area contributed by atoms with Crippen molar-refractivity contribution < 1.29 is 18.3 Å². The third-order valence-electron chi connectivity index (χ3n) is 4.82. The second kappa shape index (κ2) is 9.31. The summed E-state index contributed by atoms with van der Waals surface area (Å²) in [6.45, 7) is 0. The van der Waals surface area contributed by atoms with Crippen LogP contribution < -0.4 is 4.72 Å². The van der Waals surface area contributed by atoms with E-state index in [-0.39, 0.29) is 18.9 Å². The largest absolute Gasteiger partial charge is 0.481 e. The van der Waals surface area contributed by atoms with Gasteiger partial charge in [-0.2, -0.15) is 17.4 Å². The molecule has 1 unspecified atom stereocenters. The van der Waals surface area contributed by atoms with Gasteiger partial charge in [0.1, 0.15) is 0 Å². The first-order valence-electron chi connectivity index (χ1n) is 8.89. The first-order chi connectivity index (χ1) is 11.9. The maximum atomic E-state index is 12.7. The van der Waals surface area contributed by atoms with Gasteiger partial charge in [0.05, 0.1) is 0 Å². The minimum atomic E-state index is -3.64. The molecular formula is C18H28N2O4S. The van der Waals surface area contributed by atoms with Gasteiger partial charge in [0.15, 0.2) is 0 Å². The Morgan fingerprint density at radius 3 is 2.48 bits per heavy atom. The number of carbonyl (C=O) groups is 1. The molecule has 1 aromatic rings. The zero-order chi connectivity index (χ0) is 18.3. The van der Waals surface area contributed by atoms with Crippen LogP contribution in [0.1, 0.15) is 50.5 Å². The molecule has 0 saturated heterocycles. The smallest absolute Gasteiger partial charge is 0.303 e. The van der Waals surface area contributed by atoms with Gasteiger partial charge in [-0.05, 0) is 31.2 Å². The molecule has 6 nitrogen and oxygen atoms in total. The molecule has 0 radical (unpaired) electrons. The first kappa shape index (κ1) is 19.9. The second-order valence-corrected chi connectivity index (χ2v) is 8.51. The van der Waals surface area contributed by atoms with Crippen molar-refractivity contribution in [2.45, 2.75) is 63.5 Å². The van der Waals surface area contributed by atoms with Crippen LogP contribution in [0.5, 0.6) is 0 Å². The molecule has 1 aliphatic rings. The van der Waals surface area contributed by atoms with Crippen LogP contribution in [0.2, 0.25) is 0 Å². The van der Waals surface area contributed by atoms with Crippen LogP contribution in [0, 0.1) is 0 Å². The molecule has 0 bridgehead atoms. The van der Waals surface area contributed by atoms with E-state index in [1.807, 2.05) is 30.3 Å². The van der Waals surface area contributed by atoms with E-state index in [9.17, 15) is 13.2 Å². The topological polar surface area (TPSA) is 86.7 Å². The van der Waals surface area contributed by atoms with E-state index in [1.165, 1.54) is 4.31 Å². The van der Waals surface area contributed by atoms with Crippen LogP contribution in [0.25, 0.3) is 0 Å². The van der Waals surface area contributed by atoms with Gasteiger partial charge in [-0.15, -0.1) is 0 Å². The van der Waals surface area contributed by atoms with Crippen LogP contribution in [0.4, 0.5) is 0 Å². The summed E-state index contributed by atoms with van der Waals surface area (Å²) in [7, 11) is -2.02. The van der Waals surface area contributed by atoms with Gasteiger partial charge in [0, 0.05) is 25.6 Å². The van der Waals surface area contributed by atoms with Crippen LogP contribution in [-0.2, 0) is 21.4 Å². The summed E-state index contributed by atoms with van der Waals surface area (Å²) in [6.07, 6.45) is 5.72. The van der Waals surface area contributed by atoms with Crippen molar-refractivity contribution >= 4 is 16.2 Å². The van der Waals surface area contributed by atoms with Crippen LogP contribution >= 0.6 is 0 Å². The van der Waals surface area contributed by atoms with Crippen molar-refractivity contribution in [1.29, 1.82) is 0 Å². The zero-order valence-electron chi connectivity index (χ0n) is 14.7. The summed E-state index contributed by atoms with van der Waals surface area (Å²) in [5.74, 6) is -0.919. The number of hydrogen-bond acceptors (Lipinski definition) is 3. The normalized spacial score (nSPS) is 17.5. The first-order valence-corrected chi connectivity index (χ1v) is 10.3. The average molecular weight is 368 g/mol.